The van der Waals surface area contributed by atoms with Crippen molar-refractivity contribution in [1.29, 1.82) is 0 Å². The SMILES string of the molecule is OB(Oc1ccccc1)ON1CCOCC1. The Balaban J connectivity index is 1.77. The maximum atomic E-state index is 9.53. The Kier molecular flexibility index (Phi) is 4.18. The number of rotatable bonds is 4. The van der Waals surface area contributed by atoms with E-state index in [0.29, 0.717) is 32.1 Å². The van der Waals surface area contributed by atoms with Crippen LogP contribution in [-0.4, -0.2) is 43.7 Å². The lowest BCUT2D eigenvalue weighted by atomic mass is 10.2. The maximum absolute atomic E-state index is 9.53. The minimum absolute atomic E-state index is 0.572. The molecule has 1 aliphatic heterocycles. The lowest BCUT2D eigenvalue weighted by Crippen LogP contribution is -2.42. The van der Waals surface area contributed by atoms with Gasteiger partial charge in [-0.3, -0.25) is 4.76 Å². The summed E-state index contributed by atoms with van der Waals surface area (Å²) >= 11 is 0. The summed E-state index contributed by atoms with van der Waals surface area (Å²) in [6, 6.07) is 9.05. The van der Waals surface area contributed by atoms with E-state index in [2.05, 4.69) is 0 Å². The first-order valence-electron chi connectivity index (χ1n) is 5.24. The number of hydrogen-bond acceptors (Lipinski definition) is 5. The Morgan fingerprint density at radius 1 is 1.19 bits per heavy atom. The van der Waals surface area contributed by atoms with E-state index in [9.17, 15) is 5.02 Å². The van der Waals surface area contributed by atoms with Gasteiger partial charge in [0.1, 0.15) is 5.75 Å². The second kappa shape index (κ2) is 5.86. The van der Waals surface area contributed by atoms with E-state index in [4.69, 9.17) is 14.1 Å². The highest BCUT2D eigenvalue weighted by atomic mass is 16.8. The quantitative estimate of drug-likeness (QED) is 0.744. The molecule has 0 spiro atoms. The Morgan fingerprint density at radius 3 is 2.56 bits per heavy atom. The molecule has 0 unspecified atom stereocenters. The predicted molar refractivity (Wildman–Crippen MR) is 58.5 cm³/mol. The van der Waals surface area contributed by atoms with Crippen molar-refractivity contribution in [3.8, 4) is 5.75 Å². The summed E-state index contributed by atoms with van der Waals surface area (Å²) in [5.41, 5.74) is 0. The van der Waals surface area contributed by atoms with E-state index >= 15 is 0 Å². The van der Waals surface area contributed by atoms with Crippen molar-refractivity contribution in [1.82, 2.24) is 5.06 Å². The second-order valence-electron chi connectivity index (χ2n) is 3.38. The minimum Gasteiger partial charge on any atom is -0.511 e. The zero-order chi connectivity index (χ0) is 11.2. The van der Waals surface area contributed by atoms with Gasteiger partial charge in [-0.05, 0) is 12.1 Å². The summed E-state index contributed by atoms with van der Waals surface area (Å²) in [6.07, 6.45) is 0. The lowest BCUT2D eigenvalue weighted by molar-refractivity contribution is -0.141. The van der Waals surface area contributed by atoms with E-state index in [1.807, 2.05) is 18.2 Å². The average molecular weight is 223 g/mol. The average Bonchev–Trinajstić information content (AvgIpc) is 2.31. The first kappa shape index (κ1) is 11.4. The maximum Gasteiger partial charge on any atom is 0.728 e. The van der Waals surface area contributed by atoms with Crippen molar-refractivity contribution in [2.75, 3.05) is 26.3 Å². The molecule has 0 aliphatic carbocycles. The minimum atomic E-state index is -1.28. The summed E-state index contributed by atoms with van der Waals surface area (Å²) < 4.78 is 15.5. The molecule has 1 aromatic carbocycles. The van der Waals surface area contributed by atoms with Crippen molar-refractivity contribution in [2.24, 2.45) is 0 Å². The Morgan fingerprint density at radius 2 is 1.88 bits per heavy atom. The number of benzene rings is 1. The third kappa shape index (κ3) is 3.50. The summed E-state index contributed by atoms with van der Waals surface area (Å²) in [4.78, 5) is 0. The van der Waals surface area contributed by atoms with Crippen molar-refractivity contribution in [3.63, 3.8) is 0 Å². The standard InChI is InChI=1S/C10H14BNO4/c13-11(15-10-4-2-1-3-5-10)16-12-6-8-14-9-7-12/h1-5,13H,6-9H2. The van der Waals surface area contributed by atoms with E-state index < -0.39 is 7.32 Å². The van der Waals surface area contributed by atoms with E-state index in [0.717, 1.165) is 0 Å². The van der Waals surface area contributed by atoms with Gasteiger partial charge in [-0.1, -0.05) is 18.2 Å². The number of hydrogen-bond donors (Lipinski definition) is 1. The fourth-order valence-corrected chi connectivity index (χ4v) is 1.42. The summed E-state index contributed by atoms with van der Waals surface area (Å²) in [7, 11) is -1.28. The molecule has 0 saturated carbocycles. The van der Waals surface area contributed by atoms with Gasteiger partial charge >= 0.3 is 7.32 Å². The van der Waals surface area contributed by atoms with Gasteiger partial charge < -0.3 is 14.4 Å². The van der Waals surface area contributed by atoms with Crippen LogP contribution < -0.4 is 4.65 Å². The molecule has 86 valence electrons. The number of nitrogens with zero attached hydrogens (tertiary/aromatic N) is 1. The molecule has 1 N–H and O–H groups in total. The lowest BCUT2D eigenvalue weighted by Gasteiger charge is -2.26. The van der Waals surface area contributed by atoms with Crippen LogP contribution in [0.4, 0.5) is 0 Å². The highest BCUT2D eigenvalue weighted by molar-refractivity contribution is 6.35. The van der Waals surface area contributed by atoms with Crippen LogP contribution in [0.2, 0.25) is 0 Å². The van der Waals surface area contributed by atoms with Crippen LogP contribution in [0.5, 0.6) is 5.75 Å². The van der Waals surface area contributed by atoms with Crippen LogP contribution in [0.15, 0.2) is 30.3 Å². The fourth-order valence-electron chi connectivity index (χ4n) is 1.42. The molecule has 2 rings (SSSR count). The van der Waals surface area contributed by atoms with Crippen molar-refractivity contribution >= 4 is 7.32 Å². The smallest absolute Gasteiger partial charge is 0.511 e. The number of ether oxygens (including phenoxy) is 1. The summed E-state index contributed by atoms with van der Waals surface area (Å²) in [6.45, 7) is 2.49. The number of morpholine rings is 1. The molecule has 1 heterocycles. The zero-order valence-corrected chi connectivity index (χ0v) is 8.91. The van der Waals surface area contributed by atoms with Gasteiger partial charge in [0.05, 0.1) is 13.2 Å². The second-order valence-corrected chi connectivity index (χ2v) is 3.38. The molecule has 1 aliphatic rings. The first-order valence-corrected chi connectivity index (χ1v) is 5.24. The van der Waals surface area contributed by atoms with Gasteiger partial charge in [0, 0.05) is 13.1 Å². The van der Waals surface area contributed by atoms with Gasteiger partial charge in [0.15, 0.2) is 0 Å². The zero-order valence-electron chi connectivity index (χ0n) is 8.91. The molecule has 6 heteroatoms. The van der Waals surface area contributed by atoms with Gasteiger partial charge in [0.2, 0.25) is 0 Å². The number of hydroxylamine groups is 2. The van der Waals surface area contributed by atoms with Crippen LogP contribution in [0.1, 0.15) is 0 Å². The molecule has 0 bridgehead atoms. The Labute approximate surface area is 94.7 Å². The normalized spacial score (nSPS) is 17.1. The van der Waals surface area contributed by atoms with Crippen LogP contribution in [0, 0.1) is 0 Å². The highest BCUT2D eigenvalue weighted by Gasteiger charge is 2.24. The predicted octanol–water partition coefficient (Wildman–Crippen LogP) is 0.306. The summed E-state index contributed by atoms with van der Waals surface area (Å²) in [5, 5.41) is 11.2. The molecule has 0 amide bonds. The molecule has 0 aromatic heterocycles. The van der Waals surface area contributed by atoms with Crippen LogP contribution >= 0.6 is 0 Å². The van der Waals surface area contributed by atoms with Crippen molar-refractivity contribution < 1.29 is 19.2 Å². The van der Waals surface area contributed by atoms with E-state index in [1.54, 1.807) is 17.2 Å². The number of para-hydroxylation sites is 1. The fraction of sp³-hybridized carbons (Fsp3) is 0.400. The largest absolute Gasteiger partial charge is 0.728 e. The van der Waals surface area contributed by atoms with Crippen LogP contribution in [0.3, 0.4) is 0 Å². The Hall–Kier alpha value is -1.08. The molecule has 0 radical (unpaired) electrons. The van der Waals surface area contributed by atoms with Gasteiger partial charge in [-0.2, -0.15) is 5.06 Å². The Bertz CT molecular complexity index is 305. The topological polar surface area (TPSA) is 51.2 Å². The van der Waals surface area contributed by atoms with Crippen molar-refractivity contribution in [2.45, 2.75) is 0 Å². The van der Waals surface area contributed by atoms with Crippen LogP contribution in [0.25, 0.3) is 0 Å². The van der Waals surface area contributed by atoms with Gasteiger partial charge in [-0.25, -0.2) is 0 Å². The highest BCUT2D eigenvalue weighted by Crippen LogP contribution is 2.10. The molecule has 16 heavy (non-hydrogen) atoms. The van der Waals surface area contributed by atoms with Gasteiger partial charge in [-0.15, -0.1) is 0 Å². The molecule has 5 nitrogen and oxygen atoms in total. The first-order chi connectivity index (χ1) is 7.84. The third-order valence-corrected chi connectivity index (χ3v) is 2.19. The third-order valence-electron chi connectivity index (χ3n) is 2.19. The summed E-state index contributed by atoms with van der Waals surface area (Å²) in [5.74, 6) is 0.572. The molecular formula is C10H14BNO4. The molecule has 1 saturated heterocycles. The van der Waals surface area contributed by atoms with Crippen LogP contribution in [-0.2, 0) is 9.49 Å². The molecule has 1 aromatic rings. The monoisotopic (exact) mass is 223 g/mol. The van der Waals surface area contributed by atoms with Gasteiger partial charge in [0.25, 0.3) is 0 Å². The van der Waals surface area contributed by atoms with E-state index in [-0.39, 0.29) is 0 Å². The van der Waals surface area contributed by atoms with Crippen molar-refractivity contribution in [3.05, 3.63) is 30.3 Å². The van der Waals surface area contributed by atoms with E-state index in [1.165, 1.54) is 0 Å². The molecular weight excluding hydrogens is 209 g/mol. The molecule has 0 atom stereocenters. The molecule has 1 fully saturated rings.